The van der Waals surface area contributed by atoms with Crippen molar-refractivity contribution >= 4 is 11.8 Å². The van der Waals surface area contributed by atoms with Gasteiger partial charge in [0.1, 0.15) is 5.75 Å². The molecule has 25 heavy (non-hydrogen) atoms. The molecule has 0 spiro atoms. The second-order valence-corrected chi connectivity index (χ2v) is 6.42. The number of hydrogen-bond acceptors (Lipinski definition) is 5. The molecule has 0 aromatic heterocycles. The molecule has 1 aromatic rings. The summed E-state index contributed by atoms with van der Waals surface area (Å²) in [7, 11) is 0. The maximum atomic E-state index is 12.2. The molecule has 0 unspecified atom stereocenters. The quantitative estimate of drug-likeness (QED) is 0.807. The highest BCUT2D eigenvalue weighted by molar-refractivity contribution is 5.79. The molecule has 2 amide bonds. The highest BCUT2D eigenvalue weighted by Crippen LogP contribution is 2.18. The largest absolute Gasteiger partial charge is 0.484 e. The van der Waals surface area contributed by atoms with Gasteiger partial charge in [-0.1, -0.05) is 0 Å². The number of hydrogen-bond donors (Lipinski definition) is 1. The molecule has 3 rings (SSSR count). The van der Waals surface area contributed by atoms with Crippen LogP contribution in [0.25, 0.3) is 0 Å². The van der Waals surface area contributed by atoms with Crippen LogP contribution in [-0.2, 0) is 9.59 Å². The SMILES string of the molecule is N#Cc1ccc(OCC(=O)N2CCN(CC(=O)NC3CC3)CC2)cc1. The van der Waals surface area contributed by atoms with Crippen LogP contribution < -0.4 is 10.1 Å². The molecule has 1 saturated heterocycles. The average Bonchev–Trinajstić information content (AvgIpc) is 3.44. The first-order chi connectivity index (χ1) is 12.1. The zero-order chi connectivity index (χ0) is 17.6. The van der Waals surface area contributed by atoms with Crippen molar-refractivity contribution in [3.05, 3.63) is 29.8 Å². The lowest BCUT2D eigenvalue weighted by Gasteiger charge is -2.34. The van der Waals surface area contributed by atoms with Gasteiger partial charge in [0.15, 0.2) is 6.61 Å². The monoisotopic (exact) mass is 342 g/mol. The molecule has 2 aliphatic rings. The summed E-state index contributed by atoms with van der Waals surface area (Å²) in [4.78, 5) is 27.9. The van der Waals surface area contributed by atoms with Crippen molar-refractivity contribution in [3.63, 3.8) is 0 Å². The third-order valence-corrected chi connectivity index (χ3v) is 4.38. The Balaban J connectivity index is 1.37. The second-order valence-electron chi connectivity index (χ2n) is 6.42. The Labute approximate surface area is 147 Å². The Kier molecular flexibility index (Phi) is 5.51. The molecule has 1 heterocycles. The number of benzene rings is 1. The molecular weight excluding hydrogens is 320 g/mol. The number of nitriles is 1. The first-order valence-corrected chi connectivity index (χ1v) is 8.56. The number of nitrogens with zero attached hydrogens (tertiary/aromatic N) is 3. The number of rotatable bonds is 6. The van der Waals surface area contributed by atoms with E-state index in [-0.39, 0.29) is 18.4 Å². The Morgan fingerprint density at radius 2 is 1.84 bits per heavy atom. The fourth-order valence-corrected chi connectivity index (χ4v) is 2.72. The fraction of sp³-hybridized carbons (Fsp3) is 0.500. The minimum absolute atomic E-state index is 0.0198. The van der Waals surface area contributed by atoms with E-state index >= 15 is 0 Å². The number of amides is 2. The standard InChI is InChI=1S/C18H22N4O3/c19-11-14-1-5-16(6-2-14)25-13-18(24)22-9-7-21(8-10-22)12-17(23)20-15-3-4-15/h1-2,5-6,15H,3-4,7-10,12-13H2,(H,20,23). The van der Waals surface area contributed by atoms with Gasteiger partial charge < -0.3 is 15.0 Å². The van der Waals surface area contributed by atoms with Crippen molar-refractivity contribution in [1.29, 1.82) is 5.26 Å². The van der Waals surface area contributed by atoms with Crippen LogP contribution >= 0.6 is 0 Å². The van der Waals surface area contributed by atoms with Crippen molar-refractivity contribution in [2.24, 2.45) is 0 Å². The Bertz CT molecular complexity index is 656. The molecule has 1 aliphatic carbocycles. The molecule has 7 heteroatoms. The Hall–Kier alpha value is -2.59. The number of carbonyl (C=O) groups excluding carboxylic acids is 2. The number of piperazine rings is 1. The van der Waals surface area contributed by atoms with Crippen LogP contribution in [0, 0.1) is 11.3 Å². The first kappa shape index (κ1) is 17.2. The summed E-state index contributed by atoms with van der Waals surface area (Å²) in [5.41, 5.74) is 0.556. The normalized spacial score (nSPS) is 17.6. The smallest absolute Gasteiger partial charge is 0.260 e. The van der Waals surface area contributed by atoms with Crippen molar-refractivity contribution in [2.45, 2.75) is 18.9 Å². The summed E-state index contributed by atoms with van der Waals surface area (Å²) in [6.07, 6.45) is 2.18. The van der Waals surface area contributed by atoms with Crippen LogP contribution in [0.15, 0.2) is 24.3 Å². The van der Waals surface area contributed by atoms with Crippen LogP contribution in [0.2, 0.25) is 0 Å². The average molecular weight is 342 g/mol. The van der Waals surface area contributed by atoms with Gasteiger partial charge in [0, 0.05) is 32.2 Å². The fourth-order valence-electron chi connectivity index (χ4n) is 2.72. The summed E-state index contributed by atoms with van der Waals surface area (Å²) in [5.74, 6) is 0.584. The number of carbonyl (C=O) groups is 2. The van der Waals surface area contributed by atoms with Crippen LogP contribution in [0.5, 0.6) is 5.75 Å². The first-order valence-electron chi connectivity index (χ1n) is 8.56. The van der Waals surface area contributed by atoms with Crippen molar-refractivity contribution in [3.8, 4) is 11.8 Å². The van der Waals surface area contributed by atoms with Gasteiger partial charge >= 0.3 is 0 Å². The summed E-state index contributed by atoms with van der Waals surface area (Å²) < 4.78 is 5.48. The van der Waals surface area contributed by atoms with Gasteiger partial charge in [-0.3, -0.25) is 14.5 Å². The minimum Gasteiger partial charge on any atom is -0.484 e. The van der Waals surface area contributed by atoms with E-state index in [4.69, 9.17) is 10.00 Å². The van der Waals surface area contributed by atoms with Crippen LogP contribution in [0.4, 0.5) is 0 Å². The van der Waals surface area contributed by atoms with E-state index in [1.165, 1.54) is 0 Å². The van der Waals surface area contributed by atoms with Gasteiger partial charge in [-0.2, -0.15) is 5.26 Å². The van der Waals surface area contributed by atoms with Gasteiger partial charge in [0.2, 0.25) is 5.91 Å². The molecule has 1 aromatic carbocycles. The van der Waals surface area contributed by atoms with Crippen LogP contribution in [0.1, 0.15) is 18.4 Å². The van der Waals surface area contributed by atoms with Crippen molar-refractivity contribution < 1.29 is 14.3 Å². The van der Waals surface area contributed by atoms with E-state index in [9.17, 15) is 9.59 Å². The zero-order valence-corrected chi connectivity index (χ0v) is 14.1. The van der Waals surface area contributed by atoms with Gasteiger partial charge in [-0.15, -0.1) is 0 Å². The topological polar surface area (TPSA) is 85.7 Å². The third kappa shape index (κ3) is 5.19. The molecule has 0 bridgehead atoms. The summed E-state index contributed by atoms with van der Waals surface area (Å²) >= 11 is 0. The zero-order valence-electron chi connectivity index (χ0n) is 14.1. The number of ether oxygens (including phenoxy) is 1. The van der Waals surface area contributed by atoms with E-state index in [0.29, 0.717) is 50.1 Å². The maximum Gasteiger partial charge on any atom is 0.260 e. The third-order valence-electron chi connectivity index (χ3n) is 4.38. The van der Waals surface area contributed by atoms with Crippen LogP contribution in [0.3, 0.4) is 0 Å². The molecule has 2 fully saturated rings. The van der Waals surface area contributed by atoms with E-state index in [0.717, 1.165) is 12.8 Å². The summed E-state index contributed by atoms with van der Waals surface area (Å²) in [6.45, 7) is 2.98. The van der Waals surface area contributed by atoms with Gasteiger partial charge in [0.25, 0.3) is 5.91 Å². The molecule has 132 valence electrons. The molecule has 7 nitrogen and oxygen atoms in total. The summed E-state index contributed by atoms with van der Waals surface area (Å²) in [5, 5.41) is 11.7. The van der Waals surface area contributed by atoms with E-state index in [1.54, 1.807) is 29.2 Å². The van der Waals surface area contributed by atoms with Gasteiger partial charge in [-0.25, -0.2) is 0 Å². The van der Waals surface area contributed by atoms with Gasteiger partial charge in [0.05, 0.1) is 18.2 Å². The lowest BCUT2D eigenvalue weighted by Crippen LogP contribution is -2.52. The van der Waals surface area contributed by atoms with Crippen molar-refractivity contribution in [2.75, 3.05) is 39.3 Å². The lowest BCUT2D eigenvalue weighted by molar-refractivity contribution is -0.135. The predicted molar refractivity (Wildman–Crippen MR) is 90.8 cm³/mol. The van der Waals surface area contributed by atoms with Crippen molar-refractivity contribution in [1.82, 2.24) is 15.1 Å². The molecule has 1 aliphatic heterocycles. The highest BCUT2D eigenvalue weighted by atomic mass is 16.5. The lowest BCUT2D eigenvalue weighted by atomic mass is 10.2. The molecule has 1 saturated carbocycles. The van der Waals surface area contributed by atoms with E-state index in [2.05, 4.69) is 10.2 Å². The van der Waals surface area contributed by atoms with Crippen LogP contribution in [-0.4, -0.2) is 67.0 Å². The Morgan fingerprint density at radius 3 is 2.44 bits per heavy atom. The number of nitrogens with one attached hydrogen (secondary N) is 1. The minimum atomic E-state index is -0.0635. The molecule has 0 atom stereocenters. The van der Waals surface area contributed by atoms with E-state index in [1.807, 2.05) is 6.07 Å². The Morgan fingerprint density at radius 1 is 1.16 bits per heavy atom. The summed E-state index contributed by atoms with van der Waals surface area (Å²) in [6, 6.07) is 9.10. The van der Waals surface area contributed by atoms with E-state index < -0.39 is 0 Å². The highest BCUT2D eigenvalue weighted by Gasteiger charge is 2.26. The molecule has 0 radical (unpaired) electrons. The molecular formula is C18H22N4O3. The second kappa shape index (κ2) is 7.99. The molecule has 1 N–H and O–H groups in total. The maximum absolute atomic E-state index is 12.2. The predicted octanol–water partition coefficient (Wildman–Crippen LogP) is 0.360. The van der Waals surface area contributed by atoms with Gasteiger partial charge in [-0.05, 0) is 37.1 Å².